The molecule has 1 aliphatic heterocycles. The van der Waals surface area contributed by atoms with Crippen molar-refractivity contribution in [2.45, 2.75) is 13.8 Å². The van der Waals surface area contributed by atoms with E-state index in [0.717, 1.165) is 38.4 Å². The largest absolute Gasteiger partial charge is 0.478 e. The van der Waals surface area contributed by atoms with Crippen molar-refractivity contribution < 1.29 is 14.6 Å². The molecule has 1 rings (SSSR count). The molecule has 1 saturated heterocycles. The molecule has 0 aromatic heterocycles. The molecule has 0 saturated carbocycles. The van der Waals surface area contributed by atoms with E-state index in [0.29, 0.717) is 5.57 Å². The second-order valence-corrected chi connectivity index (χ2v) is 4.33. The van der Waals surface area contributed by atoms with Crippen LogP contribution in [0.2, 0.25) is 0 Å². The van der Waals surface area contributed by atoms with Gasteiger partial charge in [-0.05, 0) is 19.9 Å². The number of nitrogens with zero attached hydrogens (tertiary/aromatic N) is 1. The van der Waals surface area contributed by atoms with E-state index in [4.69, 9.17) is 9.84 Å². The number of ether oxygens (including phenoxy) is 1. The van der Waals surface area contributed by atoms with Crippen molar-refractivity contribution in [2.24, 2.45) is 0 Å². The Kier molecular flexibility index (Phi) is 6.39. The Hall–Kier alpha value is -1.39. The molecule has 0 aliphatic carbocycles. The van der Waals surface area contributed by atoms with Crippen LogP contribution in [0.5, 0.6) is 0 Å². The van der Waals surface area contributed by atoms with Crippen molar-refractivity contribution in [1.82, 2.24) is 4.90 Å². The molecule has 0 spiro atoms. The van der Waals surface area contributed by atoms with Crippen LogP contribution in [0.3, 0.4) is 0 Å². The summed E-state index contributed by atoms with van der Waals surface area (Å²) in [4.78, 5) is 13.2. The summed E-state index contributed by atoms with van der Waals surface area (Å²) in [5, 5.41) is 8.96. The van der Waals surface area contributed by atoms with E-state index in [1.165, 1.54) is 0 Å². The summed E-state index contributed by atoms with van der Waals surface area (Å²) in [6.45, 7) is 8.12. The molecular weight excluding hydrogens is 230 g/mol. The van der Waals surface area contributed by atoms with Gasteiger partial charge in [-0.2, -0.15) is 0 Å². The Morgan fingerprint density at radius 3 is 2.56 bits per heavy atom. The van der Waals surface area contributed by atoms with Crippen LogP contribution < -0.4 is 0 Å². The SMILES string of the molecule is C\C=C/C(=C\C=C(/C)CN1CCOCC1)C(=O)O. The molecule has 0 bridgehead atoms. The minimum absolute atomic E-state index is 0.304. The van der Waals surface area contributed by atoms with Crippen LogP contribution in [-0.2, 0) is 9.53 Å². The van der Waals surface area contributed by atoms with E-state index < -0.39 is 5.97 Å². The number of carboxylic acids is 1. The van der Waals surface area contributed by atoms with Gasteiger partial charge in [-0.3, -0.25) is 4.90 Å². The number of carbonyl (C=O) groups is 1. The van der Waals surface area contributed by atoms with E-state index >= 15 is 0 Å². The van der Waals surface area contributed by atoms with Crippen molar-refractivity contribution >= 4 is 5.97 Å². The van der Waals surface area contributed by atoms with Gasteiger partial charge in [-0.15, -0.1) is 0 Å². The van der Waals surface area contributed by atoms with Gasteiger partial charge in [-0.1, -0.05) is 23.8 Å². The Bertz CT molecular complexity index is 363. The molecule has 1 aliphatic rings. The van der Waals surface area contributed by atoms with E-state index in [9.17, 15) is 4.79 Å². The first-order valence-corrected chi connectivity index (χ1v) is 6.17. The van der Waals surface area contributed by atoms with Gasteiger partial charge in [0, 0.05) is 19.6 Å². The first-order valence-electron chi connectivity index (χ1n) is 6.17. The highest BCUT2D eigenvalue weighted by Crippen LogP contribution is 2.05. The predicted molar refractivity (Wildman–Crippen MR) is 71.5 cm³/mol. The Balaban J connectivity index is 2.58. The number of aliphatic carboxylic acids is 1. The topological polar surface area (TPSA) is 49.8 Å². The third-order valence-electron chi connectivity index (χ3n) is 2.72. The van der Waals surface area contributed by atoms with E-state index in [2.05, 4.69) is 4.90 Å². The molecule has 18 heavy (non-hydrogen) atoms. The third kappa shape index (κ3) is 5.29. The molecule has 0 amide bonds. The molecule has 1 N–H and O–H groups in total. The van der Waals surface area contributed by atoms with Crippen LogP contribution in [0.15, 0.2) is 35.5 Å². The van der Waals surface area contributed by atoms with Crippen LogP contribution in [0.1, 0.15) is 13.8 Å². The minimum Gasteiger partial charge on any atom is -0.478 e. The third-order valence-corrected chi connectivity index (χ3v) is 2.72. The fourth-order valence-electron chi connectivity index (χ4n) is 1.77. The van der Waals surface area contributed by atoms with Crippen LogP contribution in [0.25, 0.3) is 0 Å². The number of hydrogen-bond donors (Lipinski definition) is 1. The van der Waals surface area contributed by atoms with E-state index in [-0.39, 0.29) is 0 Å². The zero-order valence-corrected chi connectivity index (χ0v) is 11.1. The Morgan fingerprint density at radius 1 is 1.33 bits per heavy atom. The molecule has 0 unspecified atom stereocenters. The Labute approximate surface area is 108 Å². The quantitative estimate of drug-likeness (QED) is 0.598. The fraction of sp³-hybridized carbons (Fsp3) is 0.500. The first kappa shape index (κ1) is 14.7. The average Bonchev–Trinajstić information content (AvgIpc) is 2.35. The number of hydrogen-bond acceptors (Lipinski definition) is 3. The lowest BCUT2D eigenvalue weighted by atomic mass is 10.2. The summed E-state index contributed by atoms with van der Waals surface area (Å²) in [7, 11) is 0. The van der Waals surface area contributed by atoms with Gasteiger partial charge in [0.15, 0.2) is 0 Å². The average molecular weight is 251 g/mol. The van der Waals surface area contributed by atoms with Crippen molar-refractivity contribution in [1.29, 1.82) is 0 Å². The van der Waals surface area contributed by atoms with Crippen LogP contribution in [0.4, 0.5) is 0 Å². The van der Waals surface area contributed by atoms with Gasteiger partial charge in [0.2, 0.25) is 0 Å². The second-order valence-electron chi connectivity index (χ2n) is 4.33. The van der Waals surface area contributed by atoms with Gasteiger partial charge in [0.05, 0.1) is 18.8 Å². The summed E-state index contributed by atoms with van der Waals surface area (Å²) < 4.78 is 5.28. The predicted octanol–water partition coefficient (Wildman–Crippen LogP) is 1.85. The highest BCUT2D eigenvalue weighted by molar-refractivity contribution is 5.90. The molecular formula is C14H21NO3. The molecule has 1 fully saturated rings. The van der Waals surface area contributed by atoms with Crippen LogP contribution in [-0.4, -0.2) is 48.8 Å². The molecule has 0 radical (unpaired) electrons. The minimum atomic E-state index is -0.900. The zero-order chi connectivity index (χ0) is 13.4. The van der Waals surface area contributed by atoms with Gasteiger partial charge >= 0.3 is 5.97 Å². The van der Waals surface area contributed by atoms with Crippen LogP contribution in [0, 0.1) is 0 Å². The molecule has 100 valence electrons. The summed E-state index contributed by atoms with van der Waals surface area (Å²) in [5.41, 5.74) is 1.46. The highest BCUT2D eigenvalue weighted by Gasteiger charge is 2.09. The fourth-order valence-corrected chi connectivity index (χ4v) is 1.77. The summed E-state index contributed by atoms with van der Waals surface area (Å²) in [5.74, 6) is -0.900. The van der Waals surface area contributed by atoms with Gasteiger partial charge < -0.3 is 9.84 Å². The number of allylic oxidation sites excluding steroid dienone is 3. The summed E-state index contributed by atoms with van der Waals surface area (Å²) >= 11 is 0. The maximum Gasteiger partial charge on any atom is 0.335 e. The Morgan fingerprint density at radius 2 is 2.00 bits per heavy atom. The molecule has 0 aromatic carbocycles. The lowest BCUT2D eigenvalue weighted by molar-refractivity contribution is -0.132. The summed E-state index contributed by atoms with van der Waals surface area (Å²) in [6.07, 6.45) is 6.85. The van der Waals surface area contributed by atoms with Gasteiger partial charge in [0.25, 0.3) is 0 Å². The van der Waals surface area contributed by atoms with E-state index in [1.807, 2.05) is 13.0 Å². The number of morpholine rings is 1. The highest BCUT2D eigenvalue weighted by atomic mass is 16.5. The lowest BCUT2D eigenvalue weighted by Gasteiger charge is -2.26. The second kappa shape index (κ2) is 7.84. The van der Waals surface area contributed by atoms with Crippen LogP contribution >= 0.6 is 0 Å². The van der Waals surface area contributed by atoms with Crippen molar-refractivity contribution in [2.75, 3.05) is 32.8 Å². The molecule has 4 heteroatoms. The number of carboxylic acid groups (broad SMARTS) is 1. The molecule has 0 aromatic rings. The standard InChI is InChI=1S/C14H21NO3/c1-3-4-13(14(16)17)6-5-12(2)11-15-7-9-18-10-8-15/h3-6H,7-11H2,1-2H3,(H,16,17)/b4-3-,12-5+,13-6+. The summed E-state index contributed by atoms with van der Waals surface area (Å²) in [6, 6.07) is 0. The maximum atomic E-state index is 10.9. The molecule has 1 heterocycles. The maximum absolute atomic E-state index is 10.9. The lowest BCUT2D eigenvalue weighted by Crippen LogP contribution is -2.37. The van der Waals surface area contributed by atoms with Crippen molar-refractivity contribution in [3.05, 3.63) is 35.5 Å². The van der Waals surface area contributed by atoms with E-state index in [1.54, 1.807) is 25.2 Å². The smallest absolute Gasteiger partial charge is 0.335 e. The monoisotopic (exact) mass is 251 g/mol. The normalized spacial score (nSPS) is 19.4. The van der Waals surface area contributed by atoms with Crippen molar-refractivity contribution in [3.8, 4) is 0 Å². The molecule has 0 atom stereocenters. The van der Waals surface area contributed by atoms with Crippen molar-refractivity contribution in [3.63, 3.8) is 0 Å². The van der Waals surface area contributed by atoms with Gasteiger partial charge in [-0.25, -0.2) is 4.79 Å². The first-order chi connectivity index (χ1) is 8.63. The zero-order valence-electron chi connectivity index (χ0n) is 11.1. The number of rotatable bonds is 5. The molecule has 4 nitrogen and oxygen atoms in total. The van der Waals surface area contributed by atoms with Gasteiger partial charge in [0.1, 0.15) is 0 Å².